The molecule has 5 nitrogen and oxygen atoms in total. The van der Waals surface area contributed by atoms with E-state index in [9.17, 15) is 4.79 Å². The average Bonchev–Trinajstić information content (AvgIpc) is 3.10. The number of rotatable bonds is 4. The lowest BCUT2D eigenvalue weighted by molar-refractivity contribution is -0.132. The molecule has 0 atom stereocenters. The molecular formula is C20H32N4O. The van der Waals surface area contributed by atoms with Gasteiger partial charge >= 0.3 is 0 Å². The second kappa shape index (κ2) is 7.90. The van der Waals surface area contributed by atoms with Crippen LogP contribution in [0.3, 0.4) is 0 Å². The molecule has 2 aliphatic heterocycles. The highest BCUT2D eigenvalue weighted by atomic mass is 16.2. The van der Waals surface area contributed by atoms with Gasteiger partial charge in [-0.05, 0) is 81.9 Å². The summed E-state index contributed by atoms with van der Waals surface area (Å²) < 4.78 is 0. The van der Waals surface area contributed by atoms with Crippen molar-refractivity contribution < 1.29 is 4.79 Å². The molecule has 0 radical (unpaired) electrons. The van der Waals surface area contributed by atoms with Crippen LogP contribution in [0.5, 0.6) is 0 Å². The molecule has 25 heavy (non-hydrogen) atoms. The molecule has 138 valence electrons. The molecule has 0 spiro atoms. The largest absolute Gasteiger partial charge is 0.343 e. The van der Waals surface area contributed by atoms with Crippen molar-refractivity contribution in [3.8, 4) is 0 Å². The van der Waals surface area contributed by atoms with Crippen LogP contribution in [0, 0.1) is 11.8 Å². The number of nitrogens with one attached hydrogen (secondary N) is 2. The van der Waals surface area contributed by atoms with Crippen molar-refractivity contribution in [2.75, 3.05) is 26.2 Å². The molecule has 3 heterocycles. The van der Waals surface area contributed by atoms with Crippen molar-refractivity contribution >= 4 is 5.91 Å². The Labute approximate surface area is 150 Å². The van der Waals surface area contributed by atoms with E-state index >= 15 is 0 Å². The lowest BCUT2D eigenvalue weighted by atomic mass is 9.79. The molecule has 4 rings (SSSR count). The summed E-state index contributed by atoms with van der Waals surface area (Å²) >= 11 is 0. The predicted octanol–water partition coefficient (Wildman–Crippen LogP) is 2.46. The summed E-state index contributed by atoms with van der Waals surface area (Å²) in [5.41, 5.74) is 3.87. The molecular weight excluding hydrogens is 312 g/mol. The smallest absolute Gasteiger partial charge is 0.222 e. The number of aromatic amines is 1. The zero-order valence-electron chi connectivity index (χ0n) is 15.4. The Bertz CT molecular complexity index is 583. The van der Waals surface area contributed by atoms with Gasteiger partial charge in [-0.15, -0.1) is 0 Å². The van der Waals surface area contributed by atoms with Crippen LogP contribution in [0.1, 0.15) is 61.9 Å². The van der Waals surface area contributed by atoms with Crippen molar-refractivity contribution in [2.24, 2.45) is 11.8 Å². The molecule has 1 amide bonds. The Morgan fingerprint density at radius 1 is 1.04 bits per heavy atom. The van der Waals surface area contributed by atoms with E-state index in [4.69, 9.17) is 0 Å². The normalized spacial score (nSPS) is 22.8. The van der Waals surface area contributed by atoms with Gasteiger partial charge in [0.05, 0.1) is 5.69 Å². The lowest BCUT2D eigenvalue weighted by Crippen LogP contribution is -2.42. The number of hydrogen-bond acceptors (Lipinski definition) is 3. The van der Waals surface area contributed by atoms with E-state index in [0.29, 0.717) is 12.3 Å². The Kier molecular flexibility index (Phi) is 5.39. The molecule has 1 aliphatic carbocycles. The van der Waals surface area contributed by atoms with Crippen LogP contribution in [-0.2, 0) is 24.1 Å². The highest BCUT2D eigenvalue weighted by molar-refractivity contribution is 5.76. The summed E-state index contributed by atoms with van der Waals surface area (Å²) in [6.07, 6.45) is 11.3. The van der Waals surface area contributed by atoms with Crippen molar-refractivity contribution in [1.29, 1.82) is 0 Å². The monoisotopic (exact) mass is 344 g/mol. The topological polar surface area (TPSA) is 61.0 Å². The van der Waals surface area contributed by atoms with Crippen LogP contribution < -0.4 is 5.32 Å². The van der Waals surface area contributed by atoms with Crippen LogP contribution >= 0.6 is 0 Å². The molecule has 0 bridgehead atoms. The lowest BCUT2D eigenvalue weighted by Gasteiger charge is -2.37. The van der Waals surface area contributed by atoms with E-state index in [1.165, 1.54) is 62.9 Å². The second-order valence-electron chi connectivity index (χ2n) is 8.14. The van der Waals surface area contributed by atoms with Gasteiger partial charge in [0.2, 0.25) is 5.91 Å². The molecule has 2 saturated heterocycles. The number of carbonyl (C=O) groups excluding carboxylic acids is 1. The Hall–Kier alpha value is -1.36. The third kappa shape index (κ3) is 3.91. The molecule has 2 fully saturated rings. The maximum atomic E-state index is 12.6. The summed E-state index contributed by atoms with van der Waals surface area (Å²) in [4.78, 5) is 14.7. The predicted molar refractivity (Wildman–Crippen MR) is 98.4 cm³/mol. The molecule has 5 heteroatoms. The first-order valence-corrected chi connectivity index (χ1v) is 10.3. The Morgan fingerprint density at radius 2 is 1.76 bits per heavy atom. The van der Waals surface area contributed by atoms with E-state index in [1.54, 1.807) is 0 Å². The van der Waals surface area contributed by atoms with E-state index in [0.717, 1.165) is 49.9 Å². The van der Waals surface area contributed by atoms with Crippen LogP contribution in [0.2, 0.25) is 0 Å². The van der Waals surface area contributed by atoms with Gasteiger partial charge in [0, 0.05) is 31.6 Å². The second-order valence-corrected chi connectivity index (χ2v) is 8.14. The van der Waals surface area contributed by atoms with Gasteiger partial charge < -0.3 is 10.2 Å². The summed E-state index contributed by atoms with van der Waals surface area (Å²) in [7, 11) is 0. The first-order chi connectivity index (χ1) is 12.3. The minimum Gasteiger partial charge on any atom is -0.343 e. The quantitative estimate of drug-likeness (QED) is 0.882. The fourth-order valence-corrected chi connectivity index (χ4v) is 5.08. The highest BCUT2D eigenvalue weighted by Crippen LogP contribution is 2.31. The number of hydrogen-bond donors (Lipinski definition) is 2. The van der Waals surface area contributed by atoms with Gasteiger partial charge in [0.15, 0.2) is 0 Å². The number of carbonyl (C=O) groups is 1. The Morgan fingerprint density at radius 3 is 2.56 bits per heavy atom. The number of aromatic nitrogens is 2. The third-order valence-electron chi connectivity index (χ3n) is 6.66. The van der Waals surface area contributed by atoms with Gasteiger partial charge in [-0.1, -0.05) is 0 Å². The van der Waals surface area contributed by atoms with Crippen LogP contribution in [-0.4, -0.2) is 47.2 Å². The SMILES string of the molecule is O=C(CCc1n[nH]c2c1CCCC2)N1CCC(C2CCNCC2)CC1. The third-order valence-corrected chi connectivity index (χ3v) is 6.66. The minimum atomic E-state index is 0.330. The fourth-order valence-electron chi connectivity index (χ4n) is 5.08. The van der Waals surface area contributed by atoms with E-state index < -0.39 is 0 Å². The molecule has 2 N–H and O–H groups in total. The van der Waals surface area contributed by atoms with Gasteiger partial charge in [-0.25, -0.2) is 0 Å². The average molecular weight is 345 g/mol. The molecule has 0 unspecified atom stereocenters. The van der Waals surface area contributed by atoms with Gasteiger partial charge in [0.25, 0.3) is 0 Å². The Balaban J connectivity index is 1.24. The molecule has 1 aromatic heterocycles. The summed E-state index contributed by atoms with van der Waals surface area (Å²) in [5, 5.41) is 11.1. The van der Waals surface area contributed by atoms with Crippen LogP contribution in [0.25, 0.3) is 0 Å². The number of likely N-dealkylation sites (tertiary alicyclic amines) is 1. The standard InChI is InChI=1S/C20H32N4O/c25-20(6-5-19-17-3-1-2-4-18(17)22-23-19)24-13-9-16(10-14-24)15-7-11-21-12-8-15/h15-16,21H,1-14H2,(H,22,23). The van der Waals surface area contributed by atoms with E-state index in [-0.39, 0.29) is 0 Å². The first-order valence-electron chi connectivity index (χ1n) is 10.3. The zero-order chi connectivity index (χ0) is 17.1. The van der Waals surface area contributed by atoms with E-state index in [1.807, 2.05) is 0 Å². The summed E-state index contributed by atoms with van der Waals surface area (Å²) in [5.74, 6) is 2.05. The van der Waals surface area contributed by atoms with Crippen molar-refractivity contribution in [3.05, 3.63) is 17.0 Å². The number of piperidine rings is 2. The maximum Gasteiger partial charge on any atom is 0.222 e. The number of fused-ring (bicyclic) bond motifs is 1. The number of amides is 1. The zero-order valence-corrected chi connectivity index (χ0v) is 15.4. The van der Waals surface area contributed by atoms with E-state index in [2.05, 4.69) is 20.4 Å². The first kappa shape index (κ1) is 17.1. The molecule has 3 aliphatic rings. The van der Waals surface area contributed by atoms with Gasteiger partial charge in [-0.2, -0.15) is 5.10 Å². The number of H-pyrrole nitrogens is 1. The summed E-state index contributed by atoms with van der Waals surface area (Å²) in [6, 6.07) is 0. The van der Waals surface area contributed by atoms with Crippen molar-refractivity contribution in [2.45, 2.75) is 64.2 Å². The van der Waals surface area contributed by atoms with Crippen LogP contribution in [0.15, 0.2) is 0 Å². The van der Waals surface area contributed by atoms with Crippen molar-refractivity contribution in [1.82, 2.24) is 20.4 Å². The maximum absolute atomic E-state index is 12.6. The van der Waals surface area contributed by atoms with Crippen LogP contribution in [0.4, 0.5) is 0 Å². The minimum absolute atomic E-state index is 0.330. The number of aryl methyl sites for hydroxylation is 2. The van der Waals surface area contributed by atoms with Crippen molar-refractivity contribution in [3.63, 3.8) is 0 Å². The van der Waals surface area contributed by atoms with Gasteiger partial charge in [-0.3, -0.25) is 9.89 Å². The van der Waals surface area contributed by atoms with Gasteiger partial charge in [0.1, 0.15) is 0 Å². The highest BCUT2D eigenvalue weighted by Gasteiger charge is 2.29. The molecule has 1 aromatic rings. The molecule has 0 aromatic carbocycles. The molecule has 0 saturated carbocycles. The summed E-state index contributed by atoms with van der Waals surface area (Å²) in [6.45, 7) is 4.29. The fraction of sp³-hybridized carbons (Fsp3) is 0.800. The number of nitrogens with zero attached hydrogens (tertiary/aromatic N) is 2.